The van der Waals surface area contributed by atoms with E-state index in [0.717, 1.165) is 11.8 Å². The van der Waals surface area contributed by atoms with E-state index in [9.17, 15) is 4.79 Å². The summed E-state index contributed by atoms with van der Waals surface area (Å²) in [5.74, 6) is -0.307. The standard InChI is InChI=1S/C13H12Cl2N2O/c1-2-3-9(6-11(18)8-17-16)10-4-5-12(14)13(15)7-10/h2,4-5,7-9H,1,3,6H2/t9-/m1/s1. The number of nitrogens with zero attached hydrogens (tertiary/aromatic N) is 2. The van der Waals surface area contributed by atoms with Crippen molar-refractivity contribution in [1.29, 1.82) is 0 Å². The Kier molecular flexibility index (Phi) is 5.79. The Bertz CT molecular complexity index is 508. The van der Waals surface area contributed by atoms with E-state index in [2.05, 4.69) is 11.4 Å². The molecule has 0 aliphatic carbocycles. The molecule has 0 aliphatic rings. The fraction of sp³-hybridized carbons (Fsp3) is 0.231. The lowest BCUT2D eigenvalue weighted by atomic mass is 9.91. The number of carbonyl (C=O) groups excluding carboxylic acids is 1. The molecule has 1 atom stereocenters. The molecule has 94 valence electrons. The third-order valence-electron chi connectivity index (χ3n) is 2.52. The predicted molar refractivity (Wildman–Crippen MR) is 73.3 cm³/mol. The van der Waals surface area contributed by atoms with Gasteiger partial charge in [0, 0.05) is 6.42 Å². The van der Waals surface area contributed by atoms with Crippen LogP contribution >= 0.6 is 23.2 Å². The van der Waals surface area contributed by atoms with Gasteiger partial charge >= 0.3 is 6.21 Å². The molecule has 1 aromatic carbocycles. The van der Waals surface area contributed by atoms with E-state index in [1.807, 2.05) is 6.07 Å². The molecule has 0 spiro atoms. The van der Waals surface area contributed by atoms with Gasteiger partial charge in [-0.3, -0.25) is 4.79 Å². The van der Waals surface area contributed by atoms with Crippen LogP contribution < -0.4 is 0 Å². The number of hydrogen-bond acceptors (Lipinski definition) is 1. The first kappa shape index (κ1) is 14.7. The highest BCUT2D eigenvalue weighted by Gasteiger charge is 2.16. The summed E-state index contributed by atoms with van der Waals surface area (Å²) in [6.45, 7) is 3.67. The first-order chi connectivity index (χ1) is 8.58. The Hall–Kier alpha value is -1.41. The van der Waals surface area contributed by atoms with Crippen LogP contribution in [0.4, 0.5) is 0 Å². The quantitative estimate of drug-likeness (QED) is 0.338. The molecule has 3 nitrogen and oxygen atoms in total. The van der Waals surface area contributed by atoms with Gasteiger partial charge in [-0.25, -0.2) is 0 Å². The molecule has 0 aliphatic heterocycles. The second-order valence-electron chi connectivity index (χ2n) is 3.81. The van der Waals surface area contributed by atoms with E-state index in [-0.39, 0.29) is 18.1 Å². The summed E-state index contributed by atoms with van der Waals surface area (Å²) in [6.07, 6.45) is 3.49. The molecule has 0 fully saturated rings. The van der Waals surface area contributed by atoms with Gasteiger partial charge < -0.3 is 5.53 Å². The molecular formula is C13H12Cl2N2O. The molecule has 0 radical (unpaired) electrons. The van der Waals surface area contributed by atoms with E-state index < -0.39 is 0 Å². The van der Waals surface area contributed by atoms with Gasteiger partial charge in [0.15, 0.2) is 0 Å². The monoisotopic (exact) mass is 282 g/mol. The van der Waals surface area contributed by atoms with Crippen LogP contribution in [0.5, 0.6) is 0 Å². The predicted octanol–water partition coefficient (Wildman–Crippen LogP) is 3.91. The molecule has 0 bridgehead atoms. The highest BCUT2D eigenvalue weighted by Crippen LogP contribution is 2.30. The van der Waals surface area contributed by atoms with E-state index in [0.29, 0.717) is 16.5 Å². The molecule has 0 saturated heterocycles. The number of allylic oxidation sites excluding steroid dienone is 1. The number of Topliss-reactive ketones (excluding diaryl/α,β-unsaturated/α-hetero) is 1. The zero-order valence-electron chi connectivity index (χ0n) is 9.64. The highest BCUT2D eigenvalue weighted by atomic mass is 35.5. The lowest BCUT2D eigenvalue weighted by molar-refractivity contribution is -0.116. The zero-order valence-corrected chi connectivity index (χ0v) is 11.2. The second-order valence-corrected chi connectivity index (χ2v) is 4.62. The minimum absolute atomic E-state index is 0.0530. The van der Waals surface area contributed by atoms with Crippen molar-refractivity contribution in [2.75, 3.05) is 0 Å². The molecule has 1 aromatic rings. The minimum atomic E-state index is -0.254. The number of benzene rings is 1. The second kappa shape index (κ2) is 7.12. The number of ketones is 1. The summed E-state index contributed by atoms with van der Waals surface area (Å²) in [5.41, 5.74) is 9.23. The number of halogens is 2. The number of hydrogen-bond donors (Lipinski definition) is 0. The molecule has 0 heterocycles. The van der Waals surface area contributed by atoms with Gasteiger partial charge in [-0.15, -0.1) is 6.58 Å². The Morgan fingerprint density at radius 1 is 1.44 bits per heavy atom. The molecular weight excluding hydrogens is 271 g/mol. The Morgan fingerprint density at radius 2 is 2.17 bits per heavy atom. The number of rotatable bonds is 6. The van der Waals surface area contributed by atoms with Crippen LogP contribution in [-0.4, -0.2) is 16.8 Å². The summed E-state index contributed by atoms with van der Waals surface area (Å²) in [5, 5.41) is 0.924. The highest BCUT2D eigenvalue weighted by molar-refractivity contribution is 6.42. The summed E-state index contributed by atoms with van der Waals surface area (Å²) >= 11 is 11.8. The summed E-state index contributed by atoms with van der Waals surface area (Å²) in [4.78, 5) is 14.2. The van der Waals surface area contributed by atoms with Crippen molar-refractivity contribution in [1.82, 2.24) is 0 Å². The van der Waals surface area contributed by atoms with Crippen LogP contribution in [0.1, 0.15) is 24.3 Å². The van der Waals surface area contributed by atoms with Crippen molar-refractivity contribution < 1.29 is 9.58 Å². The third-order valence-corrected chi connectivity index (χ3v) is 3.25. The van der Waals surface area contributed by atoms with Gasteiger partial charge in [0.1, 0.15) is 0 Å². The first-order valence-corrected chi connectivity index (χ1v) is 6.10. The SMILES string of the molecule is C=CC[C@H](CC(=O)C=[N+]=[N-])c1ccc(Cl)c(Cl)c1. The van der Waals surface area contributed by atoms with E-state index in [1.165, 1.54) is 0 Å². The van der Waals surface area contributed by atoms with Gasteiger partial charge in [-0.1, -0.05) is 35.3 Å². The summed E-state index contributed by atoms with van der Waals surface area (Å²) in [6, 6.07) is 5.26. The van der Waals surface area contributed by atoms with Crippen LogP contribution in [0, 0.1) is 0 Å². The van der Waals surface area contributed by atoms with Gasteiger partial charge in [-0.2, -0.15) is 4.79 Å². The van der Waals surface area contributed by atoms with Crippen LogP contribution in [0.3, 0.4) is 0 Å². The van der Waals surface area contributed by atoms with Gasteiger partial charge in [0.05, 0.1) is 10.0 Å². The Labute approximate surface area is 116 Å². The lowest BCUT2D eigenvalue weighted by Gasteiger charge is -2.13. The van der Waals surface area contributed by atoms with Gasteiger partial charge in [0.2, 0.25) is 5.78 Å². The molecule has 0 amide bonds. The van der Waals surface area contributed by atoms with Crippen molar-refractivity contribution in [3.05, 3.63) is 52.0 Å². The van der Waals surface area contributed by atoms with Crippen molar-refractivity contribution in [2.24, 2.45) is 0 Å². The van der Waals surface area contributed by atoms with Crippen molar-refractivity contribution >= 4 is 35.2 Å². The molecule has 18 heavy (non-hydrogen) atoms. The molecule has 5 heteroatoms. The lowest BCUT2D eigenvalue weighted by Crippen LogP contribution is -2.08. The van der Waals surface area contributed by atoms with Crippen LogP contribution in [0.25, 0.3) is 5.53 Å². The first-order valence-electron chi connectivity index (χ1n) is 5.34. The molecule has 0 aromatic heterocycles. The number of carbonyl (C=O) groups is 1. The van der Waals surface area contributed by atoms with E-state index in [1.54, 1.807) is 18.2 Å². The topological polar surface area (TPSA) is 53.5 Å². The van der Waals surface area contributed by atoms with Crippen molar-refractivity contribution in [3.63, 3.8) is 0 Å². The van der Waals surface area contributed by atoms with Crippen molar-refractivity contribution in [2.45, 2.75) is 18.8 Å². The molecule has 0 saturated carbocycles. The molecule has 0 unspecified atom stereocenters. The van der Waals surface area contributed by atoms with Crippen LogP contribution in [-0.2, 0) is 4.79 Å². The fourth-order valence-corrected chi connectivity index (χ4v) is 1.97. The van der Waals surface area contributed by atoms with Crippen molar-refractivity contribution in [3.8, 4) is 0 Å². The largest absolute Gasteiger partial charge is 0.361 e. The summed E-state index contributed by atoms with van der Waals surface area (Å²) in [7, 11) is 0. The van der Waals surface area contributed by atoms with Crippen LogP contribution in [0.15, 0.2) is 30.9 Å². The Morgan fingerprint density at radius 3 is 2.72 bits per heavy atom. The molecule has 0 N–H and O–H groups in total. The van der Waals surface area contributed by atoms with Crippen LogP contribution in [0.2, 0.25) is 10.0 Å². The average Bonchev–Trinajstić information content (AvgIpc) is 2.32. The minimum Gasteiger partial charge on any atom is -0.361 e. The smallest absolute Gasteiger partial charge is 0.323 e. The van der Waals surface area contributed by atoms with Gasteiger partial charge in [0.25, 0.3) is 0 Å². The normalized spacial score (nSPS) is 11.4. The molecule has 1 rings (SSSR count). The third kappa shape index (κ3) is 4.11. The summed E-state index contributed by atoms with van der Waals surface area (Å²) < 4.78 is 0. The van der Waals surface area contributed by atoms with E-state index in [4.69, 9.17) is 28.7 Å². The fourth-order valence-electron chi connectivity index (χ4n) is 1.66. The zero-order chi connectivity index (χ0) is 13.5. The van der Waals surface area contributed by atoms with Gasteiger partial charge in [-0.05, 0) is 30.0 Å². The average molecular weight is 283 g/mol. The maximum Gasteiger partial charge on any atom is 0.323 e. The van der Waals surface area contributed by atoms with E-state index >= 15 is 0 Å². The Balaban J connectivity index is 2.96. The maximum absolute atomic E-state index is 11.5. The maximum atomic E-state index is 11.5.